The lowest BCUT2D eigenvalue weighted by molar-refractivity contribution is -0.140. The first-order valence-electron chi connectivity index (χ1n) is 11.8. The fourth-order valence-corrected chi connectivity index (χ4v) is 4.88. The molecule has 35 heavy (non-hydrogen) atoms. The Labute approximate surface area is 214 Å². The molecule has 0 bridgehead atoms. The lowest BCUT2D eigenvalue weighted by Gasteiger charge is -2.29. The van der Waals surface area contributed by atoms with Crippen molar-refractivity contribution >= 4 is 39.1 Å². The van der Waals surface area contributed by atoms with Crippen molar-refractivity contribution in [3.05, 3.63) is 64.2 Å². The minimum atomic E-state index is -3.58. The first-order chi connectivity index (χ1) is 16.4. The van der Waals surface area contributed by atoms with Gasteiger partial charge in [-0.1, -0.05) is 54.4 Å². The quantitative estimate of drug-likeness (QED) is 0.447. The summed E-state index contributed by atoms with van der Waals surface area (Å²) < 4.78 is 26.3. The van der Waals surface area contributed by atoms with Gasteiger partial charge in [0.1, 0.15) is 6.04 Å². The van der Waals surface area contributed by atoms with Gasteiger partial charge in [-0.3, -0.25) is 13.9 Å². The highest BCUT2D eigenvalue weighted by molar-refractivity contribution is 7.92. The third-order valence-electron chi connectivity index (χ3n) is 5.78. The van der Waals surface area contributed by atoms with Crippen molar-refractivity contribution in [1.29, 1.82) is 0 Å². The molecule has 1 atom stereocenters. The lowest BCUT2D eigenvalue weighted by Crippen LogP contribution is -2.47. The normalized spacial score (nSPS) is 12.2. The summed E-state index contributed by atoms with van der Waals surface area (Å²) in [6, 6.07) is 12.3. The van der Waals surface area contributed by atoms with E-state index < -0.39 is 16.1 Å². The van der Waals surface area contributed by atoms with Crippen LogP contribution in [0.5, 0.6) is 0 Å². The topological polar surface area (TPSA) is 86.8 Å². The fourth-order valence-electron chi connectivity index (χ4n) is 3.70. The summed E-state index contributed by atoms with van der Waals surface area (Å²) in [5, 5.41) is 3.29. The Hall–Kier alpha value is -2.58. The number of halogens is 1. The van der Waals surface area contributed by atoms with Crippen molar-refractivity contribution in [1.82, 2.24) is 10.2 Å². The van der Waals surface area contributed by atoms with Crippen LogP contribution < -0.4 is 9.62 Å². The summed E-state index contributed by atoms with van der Waals surface area (Å²) in [7, 11) is -3.58. The molecule has 1 N–H and O–H groups in total. The number of anilines is 1. The van der Waals surface area contributed by atoms with E-state index in [9.17, 15) is 18.0 Å². The molecule has 2 rings (SSSR count). The molecule has 0 saturated heterocycles. The third kappa shape index (κ3) is 8.54. The van der Waals surface area contributed by atoms with Gasteiger partial charge in [0, 0.05) is 31.1 Å². The first-order valence-corrected chi connectivity index (χ1v) is 14.0. The highest BCUT2D eigenvalue weighted by Crippen LogP contribution is 2.27. The van der Waals surface area contributed by atoms with Crippen molar-refractivity contribution < 1.29 is 18.0 Å². The fraction of sp³-hybridized carbons (Fsp3) is 0.462. The van der Waals surface area contributed by atoms with Crippen molar-refractivity contribution in [3.63, 3.8) is 0 Å². The van der Waals surface area contributed by atoms with Gasteiger partial charge < -0.3 is 10.2 Å². The Morgan fingerprint density at radius 1 is 1.09 bits per heavy atom. The summed E-state index contributed by atoms with van der Waals surface area (Å²) in [6.07, 6.45) is 2.34. The molecule has 0 aliphatic rings. The van der Waals surface area contributed by atoms with Crippen molar-refractivity contribution in [3.8, 4) is 0 Å². The molecule has 2 amide bonds. The van der Waals surface area contributed by atoms with E-state index in [-0.39, 0.29) is 24.8 Å². The van der Waals surface area contributed by atoms with E-state index in [0.717, 1.165) is 29.4 Å². The first kappa shape index (κ1) is 28.7. The second-order valence-electron chi connectivity index (χ2n) is 8.84. The molecule has 0 spiro atoms. The Bertz CT molecular complexity index is 1120. The van der Waals surface area contributed by atoms with Gasteiger partial charge in [-0.15, -0.1) is 0 Å². The van der Waals surface area contributed by atoms with Gasteiger partial charge in [-0.2, -0.15) is 0 Å². The largest absolute Gasteiger partial charge is 0.354 e. The van der Waals surface area contributed by atoms with E-state index in [2.05, 4.69) is 5.32 Å². The van der Waals surface area contributed by atoms with Crippen molar-refractivity contribution in [2.45, 2.75) is 59.5 Å². The Morgan fingerprint density at radius 2 is 1.74 bits per heavy atom. The van der Waals surface area contributed by atoms with Gasteiger partial charge in [0.2, 0.25) is 21.8 Å². The van der Waals surface area contributed by atoms with Crippen molar-refractivity contribution in [2.75, 3.05) is 23.7 Å². The maximum absolute atomic E-state index is 13.3. The minimum Gasteiger partial charge on any atom is -0.354 e. The van der Waals surface area contributed by atoms with Crippen LogP contribution in [-0.2, 0) is 26.2 Å². The number of benzene rings is 2. The number of carbonyl (C=O) groups is 2. The third-order valence-corrected chi connectivity index (χ3v) is 7.20. The molecule has 0 radical (unpaired) electrons. The molecule has 0 aliphatic heterocycles. The van der Waals surface area contributed by atoms with Gasteiger partial charge in [0.15, 0.2) is 0 Å². The van der Waals surface area contributed by atoms with E-state index in [4.69, 9.17) is 11.6 Å². The zero-order chi connectivity index (χ0) is 26.2. The molecule has 0 aliphatic carbocycles. The Kier molecular flexibility index (Phi) is 10.6. The van der Waals surface area contributed by atoms with Crippen LogP contribution in [-0.4, -0.2) is 50.5 Å². The van der Waals surface area contributed by atoms with E-state index in [0.29, 0.717) is 30.2 Å². The van der Waals surface area contributed by atoms with Gasteiger partial charge in [0.05, 0.1) is 11.9 Å². The lowest BCUT2D eigenvalue weighted by atomic mass is 10.1. The van der Waals surface area contributed by atoms with Gasteiger partial charge in [-0.05, 0) is 56.9 Å². The van der Waals surface area contributed by atoms with Crippen LogP contribution in [0.1, 0.15) is 49.8 Å². The monoisotopic (exact) mass is 521 g/mol. The maximum Gasteiger partial charge on any atom is 0.242 e. The predicted molar refractivity (Wildman–Crippen MR) is 142 cm³/mol. The number of nitrogens with zero attached hydrogens (tertiary/aromatic N) is 2. The summed E-state index contributed by atoms with van der Waals surface area (Å²) in [4.78, 5) is 27.5. The zero-order valence-electron chi connectivity index (χ0n) is 21.2. The van der Waals surface area contributed by atoms with E-state index in [1.54, 1.807) is 30.0 Å². The molecule has 2 aromatic carbocycles. The molecular weight excluding hydrogens is 486 g/mol. The molecule has 0 saturated carbocycles. The molecule has 0 fully saturated rings. The number of rotatable bonds is 12. The number of hydrogen-bond donors (Lipinski definition) is 1. The van der Waals surface area contributed by atoms with Crippen LogP contribution in [0.25, 0.3) is 0 Å². The van der Waals surface area contributed by atoms with Gasteiger partial charge in [-0.25, -0.2) is 8.42 Å². The second-order valence-corrected chi connectivity index (χ2v) is 11.2. The molecule has 2 aromatic rings. The molecule has 9 heteroatoms. The smallest absolute Gasteiger partial charge is 0.242 e. The number of carbonyl (C=O) groups excluding carboxylic acids is 2. The standard InChI is InChI=1S/C26H36ClN3O4S/c1-6-15-28-26(32)21(4)29(18-22-12-9-19(2)10-13-22)25(31)8-7-16-30(35(5,33)34)24-17-23(27)14-11-20(24)3/h9-14,17,21H,6-8,15-16,18H2,1-5H3,(H,28,32)/t21-/m1/s1. The summed E-state index contributed by atoms with van der Waals surface area (Å²) in [5.74, 6) is -0.416. The highest BCUT2D eigenvalue weighted by Gasteiger charge is 2.26. The van der Waals surface area contributed by atoms with Crippen LogP contribution in [0, 0.1) is 13.8 Å². The highest BCUT2D eigenvalue weighted by atomic mass is 35.5. The molecule has 0 heterocycles. The average molecular weight is 522 g/mol. The zero-order valence-corrected chi connectivity index (χ0v) is 22.7. The predicted octanol–water partition coefficient (Wildman–Crippen LogP) is 4.45. The summed E-state index contributed by atoms with van der Waals surface area (Å²) in [5.41, 5.74) is 3.30. The van der Waals surface area contributed by atoms with Crippen LogP contribution >= 0.6 is 11.6 Å². The molecular formula is C26H36ClN3O4S. The number of hydrogen-bond acceptors (Lipinski definition) is 4. The average Bonchev–Trinajstić information content (AvgIpc) is 2.80. The van der Waals surface area contributed by atoms with Crippen LogP contribution in [0.4, 0.5) is 5.69 Å². The summed E-state index contributed by atoms with van der Waals surface area (Å²) in [6.45, 7) is 8.45. The molecule has 192 valence electrons. The summed E-state index contributed by atoms with van der Waals surface area (Å²) >= 11 is 6.10. The van der Waals surface area contributed by atoms with Crippen LogP contribution in [0.15, 0.2) is 42.5 Å². The molecule has 0 aromatic heterocycles. The van der Waals surface area contributed by atoms with Crippen LogP contribution in [0.2, 0.25) is 5.02 Å². The Morgan fingerprint density at radius 3 is 2.34 bits per heavy atom. The number of sulfonamides is 1. The van der Waals surface area contributed by atoms with E-state index in [1.807, 2.05) is 45.0 Å². The minimum absolute atomic E-state index is 0.100. The number of amides is 2. The van der Waals surface area contributed by atoms with Crippen molar-refractivity contribution in [2.24, 2.45) is 0 Å². The van der Waals surface area contributed by atoms with E-state index in [1.165, 1.54) is 4.31 Å². The molecule has 7 nitrogen and oxygen atoms in total. The van der Waals surface area contributed by atoms with Gasteiger partial charge in [0.25, 0.3) is 0 Å². The van der Waals surface area contributed by atoms with Gasteiger partial charge >= 0.3 is 0 Å². The van der Waals surface area contributed by atoms with E-state index >= 15 is 0 Å². The van der Waals surface area contributed by atoms with Crippen LogP contribution in [0.3, 0.4) is 0 Å². The maximum atomic E-state index is 13.3. The molecule has 0 unspecified atom stereocenters. The Balaban J connectivity index is 2.18. The number of nitrogens with one attached hydrogen (secondary N) is 1. The SMILES string of the molecule is CCCNC(=O)[C@@H](C)N(Cc1ccc(C)cc1)C(=O)CCCN(c1cc(Cl)ccc1C)S(C)(=O)=O. The number of aryl methyl sites for hydroxylation is 2. The second kappa shape index (κ2) is 12.9.